The van der Waals surface area contributed by atoms with Gasteiger partial charge in [-0.05, 0) is 50.7 Å². The maximum atomic E-state index is 12.5. The van der Waals surface area contributed by atoms with Crippen LogP contribution >= 0.6 is 8.20 Å². The van der Waals surface area contributed by atoms with Crippen molar-refractivity contribution in [2.75, 3.05) is 25.1 Å². The molecule has 2 rings (SSSR count). The highest BCUT2D eigenvalue weighted by Gasteiger charge is 2.11. The molecule has 0 aliphatic rings. The number of carbonyl (C=O) groups is 2. The number of hydrogen-bond donors (Lipinski definition) is 4. The van der Waals surface area contributed by atoms with Crippen molar-refractivity contribution >= 4 is 25.9 Å². The maximum Gasteiger partial charge on any atom is 0.412 e. The molecule has 0 saturated carbocycles. The summed E-state index contributed by atoms with van der Waals surface area (Å²) >= 11 is 0. The molecule has 10 heteroatoms. The van der Waals surface area contributed by atoms with Crippen LogP contribution in [-0.2, 0) is 27.5 Å². The Morgan fingerprint density at radius 2 is 1.85 bits per heavy atom. The Hall–Kier alpha value is -3.29. The number of nitrogens with zero attached hydrogens (tertiary/aromatic N) is 1. The first-order chi connectivity index (χ1) is 15.8. The van der Waals surface area contributed by atoms with Crippen molar-refractivity contribution in [3.8, 4) is 0 Å². The van der Waals surface area contributed by atoms with Crippen LogP contribution in [0.4, 0.5) is 10.5 Å². The molecule has 9 nitrogen and oxygen atoms in total. The van der Waals surface area contributed by atoms with Gasteiger partial charge in [0.2, 0.25) is 5.91 Å². The molecular weight excluding hydrogens is 441 g/mol. The molecule has 0 aliphatic heterocycles. The molecule has 33 heavy (non-hydrogen) atoms. The number of nitrogens with two attached hydrogens (primary N) is 1. The van der Waals surface area contributed by atoms with Gasteiger partial charge in [-0.2, -0.15) is 0 Å². The van der Waals surface area contributed by atoms with Crippen molar-refractivity contribution < 1.29 is 19.2 Å². The minimum Gasteiger partial charge on any atom is -0.444 e. The fourth-order valence-electron chi connectivity index (χ4n) is 2.76. The van der Waals surface area contributed by atoms with Crippen LogP contribution < -0.4 is 21.8 Å². The molecule has 2 aromatic rings. The Morgan fingerprint density at radius 3 is 2.52 bits per heavy atom. The SMILES string of the molecule is CP=c1c(NC(=O)OCc2ccccc2)ccc(C)n1CC(=O)NCCONC(N)=C(C)C. The van der Waals surface area contributed by atoms with Gasteiger partial charge in [-0.3, -0.25) is 20.4 Å². The zero-order valence-electron chi connectivity index (χ0n) is 19.5. The number of benzene rings is 1. The lowest BCUT2D eigenvalue weighted by Crippen LogP contribution is -2.33. The third kappa shape index (κ3) is 8.63. The molecule has 0 fully saturated rings. The van der Waals surface area contributed by atoms with Crippen molar-refractivity contribution in [1.29, 1.82) is 0 Å². The molecule has 0 bridgehead atoms. The van der Waals surface area contributed by atoms with E-state index in [0.717, 1.165) is 30.1 Å². The Bertz CT molecular complexity index is 1050. The summed E-state index contributed by atoms with van der Waals surface area (Å²) in [5.41, 5.74) is 11.7. The van der Waals surface area contributed by atoms with Crippen molar-refractivity contribution in [2.45, 2.75) is 33.9 Å². The first-order valence-electron chi connectivity index (χ1n) is 10.5. The number of pyridine rings is 1. The normalized spacial score (nSPS) is 11.0. The number of nitrogens with one attached hydrogen (secondary N) is 3. The Kier molecular flexibility index (Phi) is 10.5. The highest BCUT2D eigenvalue weighted by atomic mass is 31.1. The Morgan fingerprint density at radius 1 is 1.12 bits per heavy atom. The molecule has 0 aliphatic carbocycles. The van der Waals surface area contributed by atoms with E-state index in [1.54, 1.807) is 0 Å². The van der Waals surface area contributed by atoms with Crippen LogP contribution in [0.2, 0.25) is 0 Å². The van der Waals surface area contributed by atoms with Gasteiger partial charge in [0.15, 0.2) is 0 Å². The van der Waals surface area contributed by atoms with E-state index in [4.69, 9.17) is 15.3 Å². The van der Waals surface area contributed by atoms with Gasteiger partial charge in [-0.15, -0.1) is 0 Å². The first kappa shape index (κ1) is 26.0. The van der Waals surface area contributed by atoms with E-state index in [1.807, 2.05) is 74.5 Å². The van der Waals surface area contributed by atoms with E-state index < -0.39 is 6.09 Å². The predicted molar refractivity (Wildman–Crippen MR) is 130 cm³/mol. The second-order valence-electron chi connectivity index (χ2n) is 7.42. The number of aryl methyl sites for hydroxylation is 1. The summed E-state index contributed by atoms with van der Waals surface area (Å²) in [5.74, 6) is 0.279. The van der Waals surface area contributed by atoms with Crippen LogP contribution in [0.15, 0.2) is 53.9 Å². The molecule has 5 N–H and O–H groups in total. The van der Waals surface area contributed by atoms with Crippen LogP contribution in [-0.4, -0.2) is 36.4 Å². The van der Waals surface area contributed by atoms with Gasteiger partial charge in [0.05, 0.1) is 17.4 Å². The Labute approximate surface area is 195 Å². The van der Waals surface area contributed by atoms with Crippen LogP contribution in [0.25, 0.3) is 0 Å². The van der Waals surface area contributed by atoms with Crippen LogP contribution in [0.1, 0.15) is 25.1 Å². The number of hydroxylamine groups is 1. The summed E-state index contributed by atoms with van der Waals surface area (Å²) < 4.78 is 7.18. The third-order valence-electron chi connectivity index (χ3n) is 4.62. The zero-order valence-corrected chi connectivity index (χ0v) is 20.4. The van der Waals surface area contributed by atoms with Gasteiger partial charge >= 0.3 is 6.09 Å². The summed E-state index contributed by atoms with van der Waals surface area (Å²) in [5, 5.41) is 6.40. The largest absolute Gasteiger partial charge is 0.444 e. The topological polar surface area (TPSA) is 120 Å². The number of allylic oxidation sites excluding steroid dienone is 1. The minimum absolute atomic E-state index is 0.111. The average Bonchev–Trinajstić information content (AvgIpc) is 2.80. The number of hydrogen-bond acceptors (Lipinski definition) is 6. The van der Waals surface area contributed by atoms with Gasteiger partial charge in [0, 0.05) is 12.2 Å². The lowest BCUT2D eigenvalue weighted by Gasteiger charge is -2.16. The zero-order chi connectivity index (χ0) is 24.2. The minimum atomic E-state index is -0.552. The molecule has 1 heterocycles. The number of ether oxygens (including phenoxy) is 1. The molecule has 1 aromatic carbocycles. The third-order valence-corrected chi connectivity index (χ3v) is 5.53. The molecule has 0 radical (unpaired) electrons. The second-order valence-corrected chi connectivity index (χ2v) is 8.29. The molecule has 1 aromatic heterocycles. The molecular formula is C23H32N5O4P. The smallest absolute Gasteiger partial charge is 0.412 e. The monoisotopic (exact) mass is 473 g/mol. The fourth-order valence-corrected chi connectivity index (χ4v) is 3.60. The summed E-state index contributed by atoms with van der Waals surface area (Å²) in [6.45, 7) is 8.46. The maximum absolute atomic E-state index is 12.5. The molecule has 0 unspecified atom stereocenters. The molecule has 178 valence electrons. The summed E-state index contributed by atoms with van der Waals surface area (Å²) in [6.07, 6.45) is -0.552. The number of carbonyl (C=O) groups excluding carboxylic acids is 2. The summed E-state index contributed by atoms with van der Waals surface area (Å²) in [7, 11) is 0.893. The van der Waals surface area contributed by atoms with Gasteiger partial charge in [-0.1, -0.05) is 38.5 Å². The lowest BCUT2D eigenvalue weighted by atomic mass is 10.2. The van der Waals surface area contributed by atoms with Gasteiger partial charge in [-0.25, -0.2) is 4.79 Å². The van der Waals surface area contributed by atoms with Crippen molar-refractivity contribution in [3.05, 3.63) is 70.2 Å². The average molecular weight is 474 g/mol. The van der Waals surface area contributed by atoms with E-state index in [0.29, 0.717) is 18.1 Å². The van der Waals surface area contributed by atoms with E-state index >= 15 is 0 Å². The summed E-state index contributed by atoms with van der Waals surface area (Å²) in [4.78, 5) is 30.0. The molecule has 2 amide bonds. The van der Waals surface area contributed by atoms with Gasteiger partial charge < -0.3 is 20.4 Å². The first-order valence-corrected chi connectivity index (χ1v) is 11.8. The highest BCUT2D eigenvalue weighted by molar-refractivity contribution is 7.28. The van der Waals surface area contributed by atoms with E-state index in [9.17, 15) is 9.59 Å². The molecule has 0 atom stereocenters. The van der Waals surface area contributed by atoms with Crippen molar-refractivity contribution in [3.63, 3.8) is 0 Å². The standard InChI is InChI=1S/C23H32N5O4P/c1-16(2)21(24)27-32-13-12-25-20(29)14-28-17(3)10-11-19(22(28)33-4)26-23(30)31-15-18-8-6-5-7-9-18/h5-11,27H,12-15,24H2,1-4H3,(H,25,29)(H,26,30). The number of aromatic nitrogens is 1. The number of rotatable bonds is 10. The van der Waals surface area contributed by atoms with Crippen molar-refractivity contribution in [2.24, 2.45) is 5.73 Å². The van der Waals surface area contributed by atoms with E-state index in [-0.39, 0.29) is 25.7 Å². The highest BCUT2D eigenvalue weighted by Crippen LogP contribution is 2.18. The second kappa shape index (κ2) is 13.3. The van der Waals surface area contributed by atoms with Crippen LogP contribution in [0.5, 0.6) is 0 Å². The van der Waals surface area contributed by atoms with E-state index in [2.05, 4.69) is 16.1 Å². The Balaban J connectivity index is 1.94. The van der Waals surface area contributed by atoms with Crippen molar-refractivity contribution in [1.82, 2.24) is 15.4 Å². The van der Waals surface area contributed by atoms with Gasteiger partial charge in [0.1, 0.15) is 19.0 Å². The van der Waals surface area contributed by atoms with Crippen LogP contribution in [0.3, 0.4) is 0 Å². The van der Waals surface area contributed by atoms with E-state index in [1.165, 1.54) is 0 Å². The molecule has 0 spiro atoms. The number of amides is 2. The summed E-state index contributed by atoms with van der Waals surface area (Å²) in [6, 6.07) is 13.1. The van der Waals surface area contributed by atoms with Crippen LogP contribution in [0, 0.1) is 12.0 Å². The quantitative estimate of drug-likeness (QED) is 0.238. The van der Waals surface area contributed by atoms with Gasteiger partial charge in [0.25, 0.3) is 0 Å². The lowest BCUT2D eigenvalue weighted by molar-refractivity contribution is -0.122. The predicted octanol–water partition coefficient (Wildman–Crippen LogP) is 3.50. The molecule has 0 saturated heterocycles. The fraction of sp³-hybridized carbons (Fsp3) is 0.348. The number of anilines is 1.